The second-order valence-electron chi connectivity index (χ2n) is 9.35. The van der Waals surface area contributed by atoms with Gasteiger partial charge in [0.2, 0.25) is 22.7 Å². The van der Waals surface area contributed by atoms with E-state index in [0.717, 1.165) is 24.7 Å². The summed E-state index contributed by atoms with van der Waals surface area (Å²) in [5.74, 6) is -1.25. The molecule has 0 radical (unpaired) electrons. The number of unbranched alkanes of at least 4 members (excludes halogenated alkanes) is 1. The van der Waals surface area contributed by atoms with E-state index < -0.39 is 33.9 Å². The molecule has 1 aromatic carbocycles. The van der Waals surface area contributed by atoms with Gasteiger partial charge in [0.25, 0.3) is 0 Å². The number of carbonyl (C=O) groups is 2. The van der Waals surface area contributed by atoms with Crippen molar-refractivity contribution in [3.63, 3.8) is 0 Å². The molecule has 2 aliphatic heterocycles. The second-order valence-corrected chi connectivity index (χ2v) is 11.2. The van der Waals surface area contributed by atoms with Crippen molar-refractivity contribution in [3.8, 4) is 11.5 Å². The average molecular weight is 528 g/mol. The first-order valence-corrected chi connectivity index (χ1v) is 14.2. The number of sulfonamides is 1. The monoisotopic (exact) mass is 527 g/mol. The van der Waals surface area contributed by atoms with Gasteiger partial charge in [-0.15, -0.1) is 0 Å². The zero-order chi connectivity index (χ0) is 26.3. The number of aliphatic hydroxyl groups excluding tert-OH is 1. The molecule has 1 saturated heterocycles. The van der Waals surface area contributed by atoms with E-state index in [9.17, 15) is 28.2 Å². The largest absolute Gasteiger partial charge is 0.481 e. The van der Waals surface area contributed by atoms with Crippen molar-refractivity contribution in [2.24, 2.45) is 5.92 Å². The van der Waals surface area contributed by atoms with E-state index in [4.69, 9.17) is 9.47 Å². The highest BCUT2D eigenvalue weighted by atomic mass is 32.2. The van der Waals surface area contributed by atoms with Crippen molar-refractivity contribution in [2.75, 3.05) is 52.4 Å². The van der Waals surface area contributed by atoms with E-state index in [1.165, 1.54) is 0 Å². The average Bonchev–Trinajstić information content (AvgIpc) is 3.42. The summed E-state index contributed by atoms with van der Waals surface area (Å²) < 4.78 is 36.5. The smallest absolute Gasteiger partial charge is 0.308 e. The maximum Gasteiger partial charge on any atom is 0.308 e. The predicted molar refractivity (Wildman–Crippen MR) is 132 cm³/mol. The number of aliphatic hydroxyl groups is 1. The van der Waals surface area contributed by atoms with Crippen LogP contribution >= 0.6 is 0 Å². The maximum atomic E-state index is 13.3. The molecule has 11 nitrogen and oxygen atoms in total. The quantitative estimate of drug-likeness (QED) is 0.320. The van der Waals surface area contributed by atoms with Crippen molar-refractivity contribution in [2.45, 2.75) is 44.6 Å². The minimum Gasteiger partial charge on any atom is -0.481 e. The molecule has 3 N–H and O–H groups in total. The molecule has 0 aromatic heterocycles. The summed E-state index contributed by atoms with van der Waals surface area (Å²) in [6.07, 6.45) is 3.51. The van der Waals surface area contributed by atoms with Gasteiger partial charge < -0.3 is 24.6 Å². The number of benzene rings is 1. The molecule has 12 heteroatoms. The lowest BCUT2D eigenvalue weighted by Crippen LogP contribution is -2.45. The van der Waals surface area contributed by atoms with Crippen LogP contribution in [0.3, 0.4) is 0 Å². The number of amides is 1. The molecule has 0 bridgehead atoms. The summed E-state index contributed by atoms with van der Waals surface area (Å²) in [5.41, 5.74) is 0.769. The number of fused-ring (bicyclic) bond motifs is 1. The third kappa shape index (κ3) is 7.31. The van der Waals surface area contributed by atoms with Gasteiger partial charge in [-0.25, -0.2) is 13.1 Å². The fourth-order valence-corrected chi connectivity index (χ4v) is 5.46. The van der Waals surface area contributed by atoms with Crippen molar-refractivity contribution in [1.29, 1.82) is 0 Å². The van der Waals surface area contributed by atoms with Crippen LogP contribution in [0.1, 0.15) is 44.1 Å². The number of carboxylic acids is 1. The number of rotatable bonds is 14. The summed E-state index contributed by atoms with van der Waals surface area (Å²) in [4.78, 5) is 29.3. The molecular weight excluding hydrogens is 490 g/mol. The molecule has 3 atom stereocenters. The van der Waals surface area contributed by atoms with Crippen LogP contribution in [0.4, 0.5) is 0 Å². The lowest BCUT2D eigenvalue weighted by atomic mass is 9.84. The fourth-order valence-electron chi connectivity index (χ4n) is 4.97. The van der Waals surface area contributed by atoms with Crippen molar-refractivity contribution in [3.05, 3.63) is 23.8 Å². The molecule has 36 heavy (non-hydrogen) atoms. The molecule has 2 aliphatic rings. The molecule has 0 spiro atoms. The number of aliphatic carboxylic acids is 1. The Labute approximate surface area is 212 Å². The predicted octanol–water partition coefficient (Wildman–Crippen LogP) is 0.834. The Bertz CT molecular complexity index is 1010. The number of hydrogen-bond acceptors (Lipinski definition) is 8. The lowest BCUT2D eigenvalue weighted by molar-refractivity contribution is -0.143. The molecule has 1 amide bonds. The summed E-state index contributed by atoms with van der Waals surface area (Å²) in [6.45, 7) is 3.52. The van der Waals surface area contributed by atoms with Crippen LogP contribution in [-0.4, -0.2) is 98.7 Å². The Balaban J connectivity index is 1.85. The Morgan fingerprint density at radius 1 is 1.19 bits per heavy atom. The molecule has 0 aliphatic carbocycles. The van der Waals surface area contributed by atoms with Crippen LogP contribution in [-0.2, 0) is 19.6 Å². The van der Waals surface area contributed by atoms with Gasteiger partial charge >= 0.3 is 5.97 Å². The van der Waals surface area contributed by atoms with Crippen molar-refractivity contribution < 1.29 is 37.7 Å². The van der Waals surface area contributed by atoms with Gasteiger partial charge in [0.15, 0.2) is 11.5 Å². The topological polar surface area (TPSA) is 146 Å². The van der Waals surface area contributed by atoms with Gasteiger partial charge in [-0.3, -0.25) is 14.5 Å². The van der Waals surface area contributed by atoms with Crippen molar-refractivity contribution >= 4 is 21.9 Å². The number of likely N-dealkylation sites (tertiary alicyclic amines) is 1. The van der Waals surface area contributed by atoms with Crippen LogP contribution < -0.4 is 14.2 Å². The standard InChI is InChI=1S/C24H37N3O8S/c1-3-4-10-26(11-5-12-28)22(29)15-27-14-18(17-6-7-20-21(13-17)35-16-34-20)23(24(30)31)19(27)8-9-25-36(2,32)33/h6-7,13,18-19,23,25,28H,3-5,8-12,14-16H2,1-2H3,(H,30,31). The Kier molecular flexibility index (Phi) is 9.94. The first kappa shape index (κ1) is 28.2. The molecule has 0 saturated carbocycles. The van der Waals surface area contributed by atoms with Crippen LogP contribution in [0, 0.1) is 5.92 Å². The number of nitrogens with one attached hydrogen (secondary N) is 1. The van der Waals surface area contributed by atoms with E-state index in [-0.39, 0.29) is 38.8 Å². The highest BCUT2D eigenvalue weighted by molar-refractivity contribution is 7.88. The maximum absolute atomic E-state index is 13.3. The van der Waals surface area contributed by atoms with E-state index in [0.29, 0.717) is 37.6 Å². The van der Waals surface area contributed by atoms with E-state index >= 15 is 0 Å². The number of hydrogen-bond donors (Lipinski definition) is 3. The fraction of sp³-hybridized carbons (Fsp3) is 0.667. The Hall–Kier alpha value is -2.41. The molecule has 1 aromatic rings. The third-order valence-corrected chi connectivity index (χ3v) is 7.45. The lowest BCUT2D eigenvalue weighted by Gasteiger charge is -2.29. The van der Waals surface area contributed by atoms with Crippen LogP contribution in [0.25, 0.3) is 0 Å². The third-order valence-electron chi connectivity index (χ3n) is 6.72. The van der Waals surface area contributed by atoms with Crippen LogP contribution in [0.2, 0.25) is 0 Å². The molecule has 202 valence electrons. The Morgan fingerprint density at radius 3 is 2.58 bits per heavy atom. The molecule has 2 heterocycles. The summed E-state index contributed by atoms with van der Waals surface area (Å²) in [5, 5.41) is 19.5. The number of ether oxygens (including phenoxy) is 2. The molecule has 3 unspecified atom stereocenters. The van der Waals surface area contributed by atoms with Gasteiger partial charge in [0.1, 0.15) is 0 Å². The summed E-state index contributed by atoms with van der Waals surface area (Å²) >= 11 is 0. The van der Waals surface area contributed by atoms with Gasteiger partial charge in [0, 0.05) is 44.7 Å². The minimum absolute atomic E-state index is 0.0174. The van der Waals surface area contributed by atoms with E-state index in [1.54, 1.807) is 17.0 Å². The van der Waals surface area contributed by atoms with E-state index in [2.05, 4.69) is 4.72 Å². The van der Waals surface area contributed by atoms with Gasteiger partial charge in [-0.1, -0.05) is 19.4 Å². The minimum atomic E-state index is -3.45. The molecular formula is C24H37N3O8S. The Morgan fingerprint density at radius 2 is 1.92 bits per heavy atom. The molecule has 1 fully saturated rings. The number of carbonyl (C=O) groups excluding carboxylic acids is 1. The van der Waals surface area contributed by atoms with Crippen LogP contribution in [0.5, 0.6) is 11.5 Å². The highest BCUT2D eigenvalue weighted by Crippen LogP contribution is 2.42. The SMILES string of the molecule is CCCCN(CCCO)C(=O)CN1CC(c2ccc3c(c2)OCO3)C(C(=O)O)C1CCNS(C)(=O)=O. The number of carboxylic acid groups (broad SMARTS) is 1. The second kappa shape index (κ2) is 12.7. The van der Waals surface area contributed by atoms with E-state index in [1.807, 2.05) is 17.9 Å². The highest BCUT2D eigenvalue weighted by Gasteiger charge is 2.47. The zero-order valence-electron chi connectivity index (χ0n) is 20.9. The van der Waals surface area contributed by atoms with Crippen LogP contribution in [0.15, 0.2) is 18.2 Å². The zero-order valence-corrected chi connectivity index (χ0v) is 21.7. The van der Waals surface area contributed by atoms with Gasteiger partial charge in [-0.05, 0) is 37.0 Å². The van der Waals surface area contributed by atoms with Gasteiger partial charge in [0.05, 0.1) is 18.7 Å². The van der Waals surface area contributed by atoms with Crippen molar-refractivity contribution in [1.82, 2.24) is 14.5 Å². The first-order valence-electron chi connectivity index (χ1n) is 12.3. The first-order chi connectivity index (χ1) is 17.1. The number of nitrogens with zero attached hydrogens (tertiary/aromatic N) is 2. The summed E-state index contributed by atoms with van der Waals surface area (Å²) in [7, 11) is -3.45. The summed E-state index contributed by atoms with van der Waals surface area (Å²) in [6, 6.07) is 4.81. The normalized spacial score (nSPS) is 21.6. The molecule has 3 rings (SSSR count). The van der Waals surface area contributed by atoms with Gasteiger partial charge in [-0.2, -0.15) is 0 Å².